The molecule has 136 valence electrons. The van der Waals surface area contributed by atoms with Gasteiger partial charge in [-0.1, -0.05) is 36.4 Å². The quantitative estimate of drug-likeness (QED) is 0.660. The Hall–Kier alpha value is -2.37. The van der Waals surface area contributed by atoms with Gasteiger partial charge in [0.25, 0.3) is 0 Å². The summed E-state index contributed by atoms with van der Waals surface area (Å²) >= 11 is 0. The summed E-state index contributed by atoms with van der Waals surface area (Å²) in [7, 11) is 0. The number of rotatable bonds is 4. The molecular weight excluding hydrogens is 348 g/mol. The lowest BCUT2D eigenvalue weighted by Gasteiger charge is -2.21. The Morgan fingerprint density at radius 1 is 1.15 bits per heavy atom. The monoisotopic (exact) mass is 370 g/mol. The smallest absolute Gasteiger partial charge is 0.224 e. The predicted molar refractivity (Wildman–Crippen MR) is 106 cm³/mol. The predicted octanol–water partition coefficient (Wildman–Crippen LogP) is 3.27. The Kier molecular flexibility index (Phi) is 5.91. The van der Waals surface area contributed by atoms with Crippen molar-refractivity contribution in [3.63, 3.8) is 0 Å². The molecule has 2 heterocycles. The van der Waals surface area contributed by atoms with Crippen LogP contribution in [0.1, 0.15) is 18.4 Å². The van der Waals surface area contributed by atoms with Crippen molar-refractivity contribution in [2.24, 2.45) is 5.92 Å². The number of imidazole rings is 1. The number of carbonyl (C=O) groups is 1. The lowest BCUT2D eigenvalue weighted by molar-refractivity contribution is -0.125. The van der Waals surface area contributed by atoms with Crippen molar-refractivity contribution in [3.8, 4) is 11.4 Å². The molecule has 3 N–H and O–H groups in total. The van der Waals surface area contributed by atoms with Gasteiger partial charge in [-0.3, -0.25) is 4.79 Å². The third-order valence-electron chi connectivity index (χ3n) is 4.75. The second-order valence-corrected chi connectivity index (χ2v) is 6.56. The number of H-pyrrole nitrogens is 1. The first-order chi connectivity index (χ1) is 12.3. The Labute approximate surface area is 159 Å². The van der Waals surface area contributed by atoms with Crippen LogP contribution < -0.4 is 10.6 Å². The molecule has 0 radical (unpaired) electrons. The fourth-order valence-electron chi connectivity index (χ4n) is 3.28. The van der Waals surface area contributed by atoms with Crippen molar-refractivity contribution in [3.05, 3.63) is 54.1 Å². The number of carbonyl (C=O) groups excluding carboxylic acids is 1. The van der Waals surface area contributed by atoms with Crippen LogP contribution in [0.4, 0.5) is 0 Å². The highest BCUT2D eigenvalue weighted by Crippen LogP contribution is 2.20. The van der Waals surface area contributed by atoms with Gasteiger partial charge in [-0.25, -0.2) is 4.98 Å². The van der Waals surface area contributed by atoms with E-state index in [-0.39, 0.29) is 24.2 Å². The maximum Gasteiger partial charge on any atom is 0.224 e. The maximum atomic E-state index is 12.2. The van der Waals surface area contributed by atoms with Gasteiger partial charge >= 0.3 is 0 Å². The highest BCUT2D eigenvalue weighted by atomic mass is 35.5. The summed E-state index contributed by atoms with van der Waals surface area (Å²) in [5.41, 5.74) is 4.14. The van der Waals surface area contributed by atoms with Crippen molar-refractivity contribution in [2.75, 3.05) is 13.1 Å². The minimum Gasteiger partial charge on any atom is -0.352 e. The zero-order chi connectivity index (χ0) is 17.1. The van der Waals surface area contributed by atoms with Crippen LogP contribution in [0.2, 0.25) is 0 Å². The SMILES string of the molecule is Cl.O=C(NCc1ccc(-c2nc3ccccc3[nH]2)cc1)C1CCCNC1. The summed E-state index contributed by atoms with van der Waals surface area (Å²) in [5, 5.41) is 6.33. The van der Waals surface area contributed by atoms with E-state index in [1.807, 2.05) is 48.5 Å². The van der Waals surface area contributed by atoms with Crippen molar-refractivity contribution in [2.45, 2.75) is 19.4 Å². The van der Waals surface area contributed by atoms with E-state index in [1.54, 1.807) is 0 Å². The zero-order valence-corrected chi connectivity index (χ0v) is 15.3. The summed E-state index contributed by atoms with van der Waals surface area (Å²) in [5.74, 6) is 1.11. The van der Waals surface area contributed by atoms with Gasteiger partial charge in [0, 0.05) is 18.7 Å². The summed E-state index contributed by atoms with van der Waals surface area (Å²) in [4.78, 5) is 20.1. The van der Waals surface area contributed by atoms with Crippen LogP contribution in [0.15, 0.2) is 48.5 Å². The normalized spacial score (nSPS) is 16.8. The molecule has 1 aromatic heterocycles. The summed E-state index contributed by atoms with van der Waals surface area (Å²) in [6.07, 6.45) is 2.05. The van der Waals surface area contributed by atoms with E-state index in [9.17, 15) is 4.79 Å². The van der Waals surface area contributed by atoms with Crippen molar-refractivity contribution in [1.82, 2.24) is 20.6 Å². The Morgan fingerprint density at radius 2 is 1.96 bits per heavy atom. The molecule has 0 saturated carbocycles. The van der Waals surface area contributed by atoms with Gasteiger partial charge < -0.3 is 15.6 Å². The van der Waals surface area contributed by atoms with E-state index in [1.165, 1.54) is 0 Å². The molecule has 0 bridgehead atoms. The van der Waals surface area contributed by atoms with Crippen LogP contribution in [-0.4, -0.2) is 29.0 Å². The molecular formula is C20H23ClN4O. The van der Waals surface area contributed by atoms with Crippen LogP contribution in [0.5, 0.6) is 0 Å². The van der Waals surface area contributed by atoms with Gasteiger partial charge in [0.05, 0.1) is 17.0 Å². The van der Waals surface area contributed by atoms with Crippen LogP contribution in [0.3, 0.4) is 0 Å². The molecule has 3 aromatic rings. The summed E-state index contributed by atoms with van der Waals surface area (Å²) in [6, 6.07) is 16.2. The molecule has 5 nitrogen and oxygen atoms in total. The van der Waals surface area contributed by atoms with Gasteiger partial charge in [-0.05, 0) is 37.1 Å². The number of hydrogen-bond acceptors (Lipinski definition) is 3. The molecule has 1 atom stereocenters. The molecule has 1 fully saturated rings. The molecule has 1 unspecified atom stereocenters. The van der Waals surface area contributed by atoms with Gasteiger partial charge in [0.15, 0.2) is 0 Å². The minimum absolute atomic E-state index is 0. The molecule has 1 aliphatic rings. The molecule has 2 aromatic carbocycles. The first kappa shape index (κ1) is 18.4. The first-order valence-electron chi connectivity index (χ1n) is 8.82. The molecule has 4 rings (SSSR count). The average molecular weight is 371 g/mol. The van der Waals surface area contributed by atoms with E-state index in [0.29, 0.717) is 6.54 Å². The van der Waals surface area contributed by atoms with E-state index in [0.717, 1.165) is 53.9 Å². The van der Waals surface area contributed by atoms with Gasteiger partial charge in [-0.15, -0.1) is 12.4 Å². The largest absolute Gasteiger partial charge is 0.352 e. The van der Waals surface area contributed by atoms with Gasteiger partial charge in [-0.2, -0.15) is 0 Å². The molecule has 26 heavy (non-hydrogen) atoms. The molecule has 1 aliphatic heterocycles. The highest BCUT2D eigenvalue weighted by molar-refractivity contribution is 5.85. The highest BCUT2D eigenvalue weighted by Gasteiger charge is 2.20. The topological polar surface area (TPSA) is 69.8 Å². The van der Waals surface area contributed by atoms with Crippen LogP contribution >= 0.6 is 12.4 Å². The van der Waals surface area contributed by atoms with E-state index < -0.39 is 0 Å². The van der Waals surface area contributed by atoms with Crippen molar-refractivity contribution < 1.29 is 4.79 Å². The molecule has 0 spiro atoms. The number of halogens is 1. The van der Waals surface area contributed by atoms with E-state index in [2.05, 4.69) is 20.6 Å². The third-order valence-corrected chi connectivity index (χ3v) is 4.75. The lowest BCUT2D eigenvalue weighted by atomic mass is 9.99. The minimum atomic E-state index is 0. The Balaban J connectivity index is 0.00000196. The fraction of sp³-hybridized carbons (Fsp3) is 0.300. The number of nitrogens with one attached hydrogen (secondary N) is 3. The number of benzene rings is 2. The maximum absolute atomic E-state index is 12.2. The zero-order valence-electron chi connectivity index (χ0n) is 14.5. The number of fused-ring (bicyclic) bond motifs is 1. The number of aromatic amines is 1. The lowest BCUT2D eigenvalue weighted by Crippen LogP contribution is -2.40. The number of aromatic nitrogens is 2. The number of amides is 1. The number of para-hydroxylation sites is 2. The summed E-state index contributed by atoms with van der Waals surface area (Å²) < 4.78 is 0. The van der Waals surface area contributed by atoms with Crippen LogP contribution in [-0.2, 0) is 11.3 Å². The molecule has 0 aliphatic carbocycles. The Morgan fingerprint density at radius 3 is 2.69 bits per heavy atom. The number of piperidine rings is 1. The molecule has 1 saturated heterocycles. The molecule has 1 amide bonds. The number of hydrogen-bond donors (Lipinski definition) is 3. The van der Waals surface area contributed by atoms with Gasteiger partial charge in [0.1, 0.15) is 5.82 Å². The second-order valence-electron chi connectivity index (χ2n) is 6.56. The summed E-state index contributed by atoms with van der Waals surface area (Å²) in [6.45, 7) is 2.37. The van der Waals surface area contributed by atoms with E-state index in [4.69, 9.17) is 0 Å². The number of nitrogens with zero attached hydrogens (tertiary/aromatic N) is 1. The van der Waals surface area contributed by atoms with Gasteiger partial charge in [0.2, 0.25) is 5.91 Å². The fourth-order valence-corrected chi connectivity index (χ4v) is 3.28. The third kappa shape index (κ3) is 4.06. The average Bonchev–Trinajstić information content (AvgIpc) is 3.11. The van der Waals surface area contributed by atoms with Crippen molar-refractivity contribution >= 4 is 29.3 Å². The van der Waals surface area contributed by atoms with Crippen LogP contribution in [0.25, 0.3) is 22.4 Å². The Bertz CT molecular complexity index is 836. The molecule has 6 heteroatoms. The van der Waals surface area contributed by atoms with E-state index >= 15 is 0 Å². The van der Waals surface area contributed by atoms with Crippen LogP contribution in [0, 0.1) is 5.92 Å². The standard InChI is InChI=1S/C20H22N4O.ClH/c25-20(16-4-3-11-21-13-16)22-12-14-7-9-15(10-8-14)19-23-17-5-1-2-6-18(17)24-19;/h1-2,5-10,16,21H,3-4,11-13H2,(H,22,25)(H,23,24);1H. The first-order valence-corrected chi connectivity index (χ1v) is 8.82. The second kappa shape index (κ2) is 8.34. The van der Waals surface area contributed by atoms with Crippen molar-refractivity contribution in [1.29, 1.82) is 0 Å².